The molecule has 1 saturated carbocycles. The number of amides is 1. The lowest BCUT2D eigenvalue weighted by Crippen LogP contribution is -2.43. The van der Waals surface area contributed by atoms with Crippen molar-refractivity contribution in [1.29, 1.82) is 0 Å². The third kappa shape index (κ3) is 5.00. The highest BCUT2D eigenvalue weighted by Gasteiger charge is 2.58. The number of hydrogen-bond donors (Lipinski definition) is 2. The highest BCUT2D eigenvalue weighted by atomic mass is 16.8. The van der Waals surface area contributed by atoms with Crippen molar-refractivity contribution < 1.29 is 19.0 Å². The van der Waals surface area contributed by atoms with E-state index in [-0.39, 0.29) is 11.9 Å². The molecule has 2 aliphatic heterocycles. The van der Waals surface area contributed by atoms with Crippen LogP contribution in [0.25, 0.3) is 22.1 Å². The number of imidazole rings is 1. The molecule has 3 fully saturated rings. The van der Waals surface area contributed by atoms with Crippen LogP contribution in [-0.4, -0.2) is 66.7 Å². The maximum Gasteiger partial charge on any atom is 0.252 e. The second kappa shape index (κ2) is 10.7. The Morgan fingerprint density at radius 3 is 2.64 bits per heavy atom. The first-order valence-corrected chi connectivity index (χ1v) is 15.3. The molecule has 5 aromatic rings. The van der Waals surface area contributed by atoms with Gasteiger partial charge in [-0.05, 0) is 50.3 Å². The van der Waals surface area contributed by atoms with Crippen LogP contribution >= 0.6 is 0 Å². The summed E-state index contributed by atoms with van der Waals surface area (Å²) in [6.07, 6.45) is 5.81. The number of carbonyl (C=O) groups is 1. The Labute approximate surface area is 254 Å². The number of fused-ring (bicyclic) bond motifs is 3. The third-order valence-electron chi connectivity index (χ3n) is 8.60. The van der Waals surface area contributed by atoms with Crippen LogP contribution < -0.4 is 10.6 Å². The summed E-state index contributed by atoms with van der Waals surface area (Å²) in [7, 11) is 0. The number of anilines is 1. The number of rotatable bonds is 9. The van der Waals surface area contributed by atoms with E-state index in [0.29, 0.717) is 23.5 Å². The Morgan fingerprint density at radius 1 is 1.00 bits per heavy atom. The number of ether oxygens (including phenoxy) is 3. The van der Waals surface area contributed by atoms with Crippen LogP contribution in [0, 0.1) is 0 Å². The summed E-state index contributed by atoms with van der Waals surface area (Å²) in [4.78, 5) is 26.8. The van der Waals surface area contributed by atoms with Crippen molar-refractivity contribution in [2.75, 3.05) is 11.9 Å². The predicted octanol–water partition coefficient (Wildman–Crippen LogP) is 4.18. The maximum absolute atomic E-state index is 13.1. The van der Waals surface area contributed by atoms with Crippen LogP contribution in [0.1, 0.15) is 44.0 Å². The molecular formula is C33H35N7O4. The fraction of sp³-hybridized carbons (Fsp3) is 0.394. The molecule has 2 N–H and O–H groups in total. The molecule has 3 aromatic heterocycles. The van der Waals surface area contributed by atoms with Gasteiger partial charge in [-0.15, -0.1) is 0 Å². The second-order valence-electron chi connectivity index (χ2n) is 12.3. The lowest BCUT2D eigenvalue weighted by atomic mass is 10.1. The average Bonchev–Trinajstić information content (AvgIpc) is 3.32. The smallest absolute Gasteiger partial charge is 0.252 e. The van der Waals surface area contributed by atoms with Gasteiger partial charge < -0.3 is 29.4 Å². The standard InChI is InChI=1S/C33H35N7O4/c1-33(2)43-26-27(31(41)38-22-12-13-22)42-32(28(26)44-33)40-19-37-25-29(35-18-36-30(25)40)34-15-14-21-17-39(16-20-8-4-3-5-9-20)24-11-7-6-10-23(21)24/h3-11,17-19,22,26-28,32H,12-16H2,1-2H3,(H,38,41)(H,34,35,36)/t26-,27+,28-,32-/m1/s1. The van der Waals surface area contributed by atoms with Crippen molar-refractivity contribution in [2.45, 2.75) is 76.0 Å². The predicted molar refractivity (Wildman–Crippen MR) is 164 cm³/mol. The molecule has 1 aliphatic carbocycles. The highest BCUT2D eigenvalue weighted by molar-refractivity contribution is 5.85. The maximum atomic E-state index is 13.1. The van der Waals surface area contributed by atoms with E-state index in [1.54, 1.807) is 6.33 Å². The van der Waals surface area contributed by atoms with E-state index < -0.39 is 30.3 Å². The molecule has 44 heavy (non-hydrogen) atoms. The minimum Gasteiger partial charge on any atom is -0.368 e. The van der Waals surface area contributed by atoms with Crippen molar-refractivity contribution in [1.82, 2.24) is 29.4 Å². The number of benzene rings is 2. The third-order valence-corrected chi connectivity index (χ3v) is 8.60. The summed E-state index contributed by atoms with van der Waals surface area (Å²) in [5.41, 5.74) is 4.98. The summed E-state index contributed by atoms with van der Waals surface area (Å²) < 4.78 is 22.8. The largest absolute Gasteiger partial charge is 0.368 e. The average molecular weight is 594 g/mol. The zero-order chi connectivity index (χ0) is 29.8. The molecule has 0 bridgehead atoms. The molecule has 3 aliphatic rings. The van der Waals surface area contributed by atoms with E-state index in [1.165, 1.54) is 28.4 Å². The van der Waals surface area contributed by atoms with Crippen molar-refractivity contribution >= 4 is 33.8 Å². The number of hydrogen-bond acceptors (Lipinski definition) is 8. The van der Waals surface area contributed by atoms with E-state index >= 15 is 0 Å². The first-order valence-electron chi connectivity index (χ1n) is 15.3. The summed E-state index contributed by atoms with van der Waals surface area (Å²) in [5, 5.41) is 7.78. The fourth-order valence-electron chi connectivity index (χ4n) is 6.44. The lowest BCUT2D eigenvalue weighted by Gasteiger charge is -2.24. The van der Waals surface area contributed by atoms with Gasteiger partial charge in [0.15, 0.2) is 35.1 Å². The molecule has 226 valence electrons. The van der Waals surface area contributed by atoms with Crippen LogP contribution in [-0.2, 0) is 32.0 Å². The lowest BCUT2D eigenvalue weighted by molar-refractivity contribution is -0.197. The van der Waals surface area contributed by atoms with E-state index in [0.717, 1.165) is 25.8 Å². The quantitative estimate of drug-likeness (QED) is 0.262. The van der Waals surface area contributed by atoms with Gasteiger partial charge in [0.2, 0.25) is 0 Å². The number of para-hydroxylation sites is 1. The number of aromatic nitrogens is 5. The van der Waals surface area contributed by atoms with Gasteiger partial charge in [-0.1, -0.05) is 48.5 Å². The Morgan fingerprint density at radius 2 is 1.80 bits per heavy atom. The molecule has 0 radical (unpaired) electrons. The molecular weight excluding hydrogens is 558 g/mol. The molecule has 0 spiro atoms. The Hall–Kier alpha value is -4.32. The molecule has 2 aromatic carbocycles. The molecule has 11 heteroatoms. The number of carbonyl (C=O) groups excluding carboxylic acids is 1. The van der Waals surface area contributed by atoms with Crippen LogP contribution in [0.15, 0.2) is 73.4 Å². The SMILES string of the molecule is CC1(C)O[C@@H]2[C@H](O1)[C@@H](C(=O)NC1CC1)O[C@H]2n1cnc2c(NCCc3cn(Cc4ccccc4)c4ccccc34)ncnc21. The highest BCUT2D eigenvalue weighted by Crippen LogP contribution is 2.44. The zero-order valence-electron chi connectivity index (χ0n) is 24.7. The van der Waals surface area contributed by atoms with Gasteiger partial charge in [-0.25, -0.2) is 15.0 Å². The Balaban J connectivity index is 1.01. The van der Waals surface area contributed by atoms with Crippen molar-refractivity contribution in [3.63, 3.8) is 0 Å². The normalized spacial score (nSPS) is 24.1. The van der Waals surface area contributed by atoms with Crippen LogP contribution in [0.2, 0.25) is 0 Å². The molecule has 2 saturated heterocycles. The van der Waals surface area contributed by atoms with Gasteiger partial charge in [0.05, 0.1) is 6.33 Å². The fourth-order valence-corrected chi connectivity index (χ4v) is 6.44. The van der Waals surface area contributed by atoms with Crippen LogP contribution in [0.5, 0.6) is 0 Å². The molecule has 8 rings (SSSR count). The summed E-state index contributed by atoms with van der Waals surface area (Å²) in [6.45, 7) is 5.19. The van der Waals surface area contributed by atoms with Crippen molar-refractivity contribution in [3.05, 3.63) is 84.6 Å². The minimum atomic E-state index is -0.836. The summed E-state index contributed by atoms with van der Waals surface area (Å²) in [5.74, 6) is -0.362. The van der Waals surface area contributed by atoms with Gasteiger partial charge in [0.1, 0.15) is 18.5 Å². The minimum absolute atomic E-state index is 0.169. The summed E-state index contributed by atoms with van der Waals surface area (Å²) >= 11 is 0. The van der Waals surface area contributed by atoms with Gasteiger partial charge in [-0.3, -0.25) is 9.36 Å². The molecule has 5 heterocycles. The van der Waals surface area contributed by atoms with Gasteiger partial charge in [0, 0.05) is 36.2 Å². The zero-order valence-corrected chi connectivity index (χ0v) is 24.7. The first kappa shape index (κ1) is 27.2. The molecule has 1 amide bonds. The van der Waals surface area contributed by atoms with E-state index in [4.69, 9.17) is 14.2 Å². The van der Waals surface area contributed by atoms with E-state index in [2.05, 4.69) is 84.9 Å². The summed E-state index contributed by atoms with van der Waals surface area (Å²) in [6, 6.07) is 19.2. The molecule has 11 nitrogen and oxygen atoms in total. The van der Waals surface area contributed by atoms with Crippen LogP contribution in [0.4, 0.5) is 5.82 Å². The first-order chi connectivity index (χ1) is 21.4. The Kier molecular flexibility index (Phi) is 6.62. The van der Waals surface area contributed by atoms with Gasteiger partial charge in [-0.2, -0.15) is 0 Å². The monoisotopic (exact) mass is 593 g/mol. The van der Waals surface area contributed by atoms with Crippen molar-refractivity contribution in [3.8, 4) is 0 Å². The molecule has 0 unspecified atom stereocenters. The topological polar surface area (TPSA) is 117 Å². The molecule has 4 atom stereocenters. The van der Waals surface area contributed by atoms with E-state index in [1.807, 2.05) is 24.5 Å². The van der Waals surface area contributed by atoms with Gasteiger partial charge in [0.25, 0.3) is 5.91 Å². The van der Waals surface area contributed by atoms with Crippen molar-refractivity contribution in [2.24, 2.45) is 0 Å². The number of nitrogens with one attached hydrogen (secondary N) is 2. The second-order valence-corrected chi connectivity index (χ2v) is 12.3. The van der Waals surface area contributed by atoms with Gasteiger partial charge >= 0.3 is 0 Å². The Bertz CT molecular complexity index is 1830. The van der Waals surface area contributed by atoms with E-state index in [9.17, 15) is 4.79 Å². The van der Waals surface area contributed by atoms with Crippen LogP contribution in [0.3, 0.4) is 0 Å². The number of nitrogens with zero attached hydrogens (tertiary/aromatic N) is 5.